The van der Waals surface area contributed by atoms with E-state index in [4.69, 9.17) is 9.84 Å². The fraction of sp³-hybridized carbons (Fsp3) is 0.933. The Morgan fingerprint density at radius 1 is 1.43 bits per heavy atom. The summed E-state index contributed by atoms with van der Waals surface area (Å²) in [5, 5.41) is 22.1. The molecule has 1 aliphatic rings. The van der Waals surface area contributed by atoms with Gasteiger partial charge in [-0.3, -0.25) is 4.90 Å². The van der Waals surface area contributed by atoms with Gasteiger partial charge in [-0.2, -0.15) is 0 Å². The van der Waals surface area contributed by atoms with Crippen molar-refractivity contribution in [1.29, 1.82) is 0 Å². The van der Waals surface area contributed by atoms with E-state index < -0.39 is 11.7 Å². The molecule has 3 atom stereocenters. The summed E-state index contributed by atoms with van der Waals surface area (Å²) in [5.41, 5.74) is -0.522. The third kappa shape index (κ3) is 6.63. The van der Waals surface area contributed by atoms with Crippen LogP contribution in [0.3, 0.4) is 0 Å². The fourth-order valence-corrected chi connectivity index (χ4v) is 2.75. The van der Waals surface area contributed by atoms with Gasteiger partial charge in [0.25, 0.3) is 0 Å². The second-order valence-corrected chi connectivity index (χ2v) is 6.80. The van der Waals surface area contributed by atoms with Gasteiger partial charge in [-0.15, -0.1) is 0 Å². The molecular formula is C15H30N2O4. The zero-order valence-electron chi connectivity index (χ0n) is 13.6. The van der Waals surface area contributed by atoms with Crippen molar-refractivity contribution in [3.63, 3.8) is 0 Å². The van der Waals surface area contributed by atoms with Gasteiger partial charge in [-0.25, -0.2) is 4.79 Å². The van der Waals surface area contributed by atoms with E-state index in [1.54, 1.807) is 0 Å². The maximum absolute atomic E-state index is 11.9. The van der Waals surface area contributed by atoms with Crippen LogP contribution in [0.2, 0.25) is 0 Å². The molecule has 6 heteroatoms. The van der Waals surface area contributed by atoms with Gasteiger partial charge in [-0.1, -0.05) is 6.92 Å². The lowest BCUT2D eigenvalue weighted by atomic mass is 9.88. The number of aliphatic hydroxyl groups is 2. The van der Waals surface area contributed by atoms with Crippen LogP contribution in [0.5, 0.6) is 0 Å². The Morgan fingerprint density at radius 2 is 2.10 bits per heavy atom. The van der Waals surface area contributed by atoms with Crippen molar-refractivity contribution in [2.45, 2.75) is 58.3 Å². The van der Waals surface area contributed by atoms with E-state index in [1.165, 1.54) is 0 Å². The van der Waals surface area contributed by atoms with Gasteiger partial charge in [0.2, 0.25) is 0 Å². The van der Waals surface area contributed by atoms with Crippen molar-refractivity contribution in [2.24, 2.45) is 5.92 Å². The number of piperidine rings is 1. The molecule has 0 aromatic rings. The number of β-amino-alcohol motifs (C(OH)–C–C–N with tert-alkyl or cyclic N) is 1. The smallest absolute Gasteiger partial charge is 0.407 e. The van der Waals surface area contributed by atoms with Crippen LogP contribution in [0, 0.1) is 5.92 Å². The minimum atomic E-state index is -0.522. The average molecular weight is 302 g/mol. The van der Waals surface area contributed by atoms with Crippen molar-refractivity contribution in [3.05, 3.63) is 0 Å². The molecule has 0 radical (unpaired) electrons. The molecule has 0 aromatic heterocycles. The van der Waals surface area contributed by atoms with Crippen molar-refractivity contribution in [1.82, 2.24) is 10.2 Å². The minimum Gasteiger partial charge on any atom is -0.444 e. The van der Waals surface area contributed by atoms with Crippen LogP contribution < -0.4 is 5.32 Å². The molecule has 1 heterocycles. The lowest BCUT2D eigenvalue weighted by molar-refractivity contribution is 0.0201. The summed E-state index contributed by atoms with van der Waals surface area (Å²) in [6.07, 6.45) is 0.616. The Labute approximate surface area is 127 Å². The zero-order chi connectivity index (χ0) is 16.0. The molecule has 0 aromatic carbocycles. The number of rotatable bonds is 5. The first-order chi connectivity index (χ1) is 9.75. The van der Waals surface area contributed by atoms with Crippen LogP contribution >= 0.6 is 0 Å². The van der Waals surface area contributed by atoms with Gasteiger partial charge < -0.3 is 20.3 Å². The molecule has 124 valence electrons. The highest BCUT2D eigenvalue weighted by Gasteiger charge is 2.32. The first-order valence-electron chi connectivity index (χ1n) is 7.76. The van der Waals surface area contributed by atoms with E-state index in [0.717, 1.165) is 13.0 Å². The van der Waals surface area contributed by atoms with Crippen molar-refractivity contribution in [3.8, 4) is 0 Å². The molecule has 1 rings (SSSR count). The van der Waals surface area contributed by atoms with Gasteiger partial charge in [0, 0.05) is 25.7 Å². The largest absolute Gasteiger partial charge is 0.444 e. The average Bonchev–Trinajstić information content (AvgIpc) is 2.35. The van der Waals surface area contributed by atoms with Crippen LogP contribution in [-0.4, -0.2) is 65.2 Å². The number of amides is 1. The van der Waals surface area contributed by atoms with Crippen LogP contribution in [0.1, 0.15) is 40.5 Å². The number of aliphatic hydroxyl groups excluding tert-OH is 2. The van der Waals surface area contributed by atoms with Gasteiger partial charge in [0.1, 0.15) is 5.60 Å². The predicted octanol–water partition coefficient (Wildman–Crippen LogP) is 0.965. The maximum atomic E-state index is 11.9. The number of ether oxygens (including phenoxy) is 1. The number of nitrogens with zero attached hydrogens (tertiary/aromatic N) is 1. The number of nitrogens with one attached hydrogen (secondary N) is 1. The molecule has 3 unspecified atom stereocenters. The van der Waals surface area contributed by atoms with E-state index in [0.29, 0.717) is 19.5 Å². The predicted molar refractivity (Wildman–Crippen MR) is 81.1 cm³/mol. The molecule has 1 aliphatic heterocycles. The molecule has 0 bridgehead atoms. The number of hydrogen-bond acceptors (Lipinski definition) is 5. The number of carbonyl (C=O) groups is 1. The third-order valence-corrected chi connectivity index (χ3v) is 3.66. The molecule has 0 spiro atoms. The summed E-state index contributed by atoms with van der Waals surface area (Å²) in [4.78, 5) is 14.0. The molecule has 1 saturated heterocycles. The second-order valence-electron chi connectivity index (χ2n) is 6.80. The molecule has 0 aliphatic carbocycles. The lowest BCUT2D eigenvalue weighted by Crippen LogP contribution is -2.54. The lowest BCUT2D eigenvalue weighted by Gasteiger charge is -2.39. The highest BCUT2D eigenvalue weighted by Crippen LogP contribution is 2.22. The standard InChI is InChI=1S/C15H30N2O4/c1-5-13(19)11-8-12(10-17(9-11)6-7-18)16-14(20)21-15(2,3)4/h11-13,18-19H,5-10H2,1-4H3,(H,16,20). The van der Waals surface area contributed by atoms with E-state index in [2.05, 4.69) is 10.2 Å². The quantitative estimate of drug-likeness (QED) is 0.705. The Kier molecular flexibility index (Phi) is 6.90. The maximum Gasteiger partial charge on any atom is 0.407 e. The van der Waals surface area contributed by atoms with Gasteiger partial charge >= 0.3 is 6.09 Å². The molecule has 1 fully saturated rings. The summed E-state index contributed by atoms with van der Waals surface area (Å²) in [7, 11) is 0. The summed E-state index contributed by atoms with van der Waals surface area (Å²) >= 11 is 0. The van der Waals surface area contributed by atoms with E-state index >= 15 is 0 Å². The first kappa shape index (κ1) is 18.2. The summed E-state index contributed by atoms with van der Waals surface area (Å²) < 4.78 is 5.28. The van der Waals surface area contributed by atoms with Crippen LogP contribution in [-0.2, 0) is 4.74 Å². The van der Waals surface area contributed by atoms with E-state index in [-0.39, 0.29) is 24.7 Å². The Morgan fingerprint density at radius 3 is 2.62 bits per heavy atom. The van der Waals surface area contributed by atoms with Gasteiger partial charge in [-0.05, 0) is 39.5 Å². The molecular weight excluding hydrogens is 272 g/mol. The van der Waals surface area contributed by atoms with Crippen molar-refractivity contribution >= 4 is 6.09 Å². The monoisotopic (exact) mass is 302 g/mol. The third-order valence-electron chi connectivity index (χ3n) is 3.66. The Balaban J connectivity index is 2.60. The zero-order valence-corrected chi connectivity index (χ0v) is 13.6. The summed E-state index contributed by atoms with van der Waals surface area (Å²) in [6.45, 7) is 9.49. The highest BCUT2D eigenvalue weighted by atomic mass is 16.6. The SMILES string of the molecule is CCC(O)C1CC(NC(=O)OC(C)(C)C)CN(CCO)C1. The van der Waals surface area contributed by atoms with Crippen LogP contribution in [0.25, 0.3) is 0 Å². The number of likely N-dealkylation sites (tertiary alicyclic amines) is 1. The fourth-order valence-electron chi connectivity index (χ4n) is 2.75. The molecule has 6 nitrogen and oxygen atoms in total. The van der Waals surface area contributed by atoms with Gasteiger partial charge in [0.15, 0.2) is 0 Å². The summed E-state index contributed by atoms with van der Waals surface area (Å²) in [6, 6.07) is -0.0636. The first-order valence-corrected chi connectivity index (χ1v) is 7.76. The number of carbonyl (C=O) groups excluding carboxylic acids is 1. The molecule has 0 saturated carbocycles. The topological polar surface area (TPSA) is 82.0 Å². The van der Waals surface area contributed by atoms with E-state index in [9.17, 15) is 9.90 Å². The van der Waals surface area contributed by atoms with E-state index in [1.807, 2.05) is 27.7 Å². The van der Waals surface area contributed by atoms with Crippen LogP contribution in [0.4, 0.5) is 4.79 Å². The van der Waals surface area contributed by atoms with Crippen molar-refractivity contribution in [2.75, 3.05) is 26.2 Å². The normalized spacial score (nSPS) is 25.4. The number of hydrogen-bond donors (Lipinski definition) is 3. The summed E-state index contributed by atoms with van der Waals surface area (Å²) in [5.74, 6) is 0.107. The second kappa shape index (κ2) is 7.96. The molecule has 21 heavy (non-hydrogen) atoms. The Hall–Kier alpha value is -0.850. The minimum absolute atomic E-state index is 0.0636. The van der Waals surface area contributed by atoms with Gasteiger partial charge in [0.05, 0.1) is 12.7 Å². The Bertz CT molecular complexity index is 330. The molecule has 3 N–H and O–H groups in total. The van der Waals surface area contributed by atoms with Crippen LogP contribution in [0.15, 0.2) is 0 Å². The highest BCUT2D eigenvalue weighted by molar-refractivity contribution is 5.68. The number of alkyl carbamates (subject to hydrolysis) is 1. The molecule has 1 amide bonds. The van der Waals surface area contributed by atoms with Crippen molar-refractivity contribution < 1.29 is 19.7 Å².